The lowest BCUT2D eigenvalue weighted by Crippen LogP contribution is -2.35. The van der Waals surface area contributed by atoms with Gasteiger partial charge in [0.1, 0.15) is 11.4 Å². The van der Waals surface area contributed by atoms with Gasteiger partial charge in [0.05, 0.1) is 0 Å². The SMILES string of the molecule is C=C1C(=O)C(C)=C(C)C2=C1CCC(C)(CCCCCCCCCCCCCCCC)O2. The van der Waals surface area contributed by atoms with E-state index in [1.807, 2.05) is 13.8 Å². The molecule has 0 spiro atoms. The van der Waals surface area contributed by atoms with E-state index < -0.39 is 0 Å². The van der Waals surface area contributed by atoms with Gasteiger partial charge in [0.2, 0.25) is 0 Å². The zero-order valence-electron chi connectivity index (χ0n) is 21.0. The Hall–Kier alpha value is -1.31. The van der Waals surface area contributed by atoms with Crippen molar-refractivity contribution in [1.82, 2.24) is 0 Å². The summed E-state index contributed by atoms with van der Waals surface area (Å²) in [4.78, 5) is 12.3. The van der Waals surface area contributed by atoms with E-state index in [-0.39, 0.29) is 11.4 Å². The molecule has 0 saturated heterocycles. The maximum atomic E-state index is 12.3. The van der Waals surface area contributed by atoms with Gasteiger partial charge in [-0.25, -0.2) is 0 Å². The van der Waals surface area contributed by atoms with Crippen molar-refractivity contribution < 1.29 is 9.53 Å². The van der Waals surface area contributed by atoms with E-state index in [0.29, 0.717) is 5.57 Å². The van der Waals surface area contributed by atoms with Crippen LogP contribution < -0.4 is 0 Å². The minimum Gasteiger partial charge on any atom is -0.487 e. The van der Waals surface area contributed by atoms with Crippen LogP contribution in [0.3, 0.4) is 0 Å². The number of rotatable bonds is 15. The molecule has 1 unspecified atom stereocenters. The van der Waals surface area contributed by atoms with E-state index in [1.54, 1.807) is 0 Å². The van der Waals surface area contributed by atoms with Gasteiger partial charge in [-0.1, -0.05) is 97.0 Å². The molecule has 0 aromatic heterocycles. The highest BCUT2D eigenvalue weighted by molar-refractivity contribution is 6.12. The molecule has 1 aliphatic carbocycles. The fourth-order valence-corrected chi connectivity index (χ4v) is 5.03. The van der Waals surface area contributed by atoms with Crippen molar-refractivity contribution in [2.45, 2.75) is 142 Å². The molecule has 31 heavy (non-hydrogen) atoms. The molecule has 1 heterocycles. The summed E-state index contributed by atoms with van der Waals surface area (Å²) in [5.74, 6) is 1.04. The number of ether oxygens (including phenoxy) is 1. The highest BCUT2D eigenvalue weighted by Gasteiger charge is 2.37. The second-order valence-electron chi connectivity index (χ2n) is 10.3. The lowest BCUT2D eigenvalue weighted by atomic mass is 9.80. The maximum Gasteiger partial charge on any atom is 0.188 e. The van der Waals surface area contributed by atoms with Crippen LogP contribution >= 0.6 is 0 Å². The van der Waals surface area contributed by atoms with Crippen LogP contribution in [0.2, 0.25) is 0 Å². The summed E-state index contributed by atoms with van der Waals surface area (Å²) in [6.45, 7) is 12.5. The Morgan fingerprint density at radius 1 is 0.806 bits per heavy atom. The first-order chi connectivity index (χ1) is 14.9. The summed E-state index contributed by atoms with van der Waals surface area (Å²) in [6, 6.07) is 0. The van der Waals surface area contributed by atoms with Gasteiger partial charge < -0.3 is 4.74 Å². The summed E-state index contributed by atoms with van der Waals surface area (Å²) in [5.41, 5.74) is 3.41. The summed E-state index contributed by atoms with van der Waals surface area (Å²) in [6.07, 6.45) is 22.5. The maximum absolute atomic E-state index is 12.3. The molecular formula is C29H48O2. The summed E-state index contributed by atoms with van der Waals surface area (Å²) < 4.78 is 6.50. The molecule has 0 aromatic rings. The van der Waals surface area contributed by atoms with E-state index in [4.69, 9.17) is 4.74 Å². The van der Waals surface area contributed by atoms with Crippen molar-refractivity contribution in [2.24, 2.45) is 0 Å². The monoisotopic (exact) mass is 428 g/mol. The van der Waals surface area contributed by atoms with Crippen LogP contribution in [-0.2, 0) is 9.53 Å². The summed E-state index contributed by atoms with van der Waals surface area (Å²) >= 11 is 0. The second kappa shape index (κ2) is 13.3. The molecule has 0 radical (unpaired) electrons. The van der Waals surface area contributed by atoms with Gasteiger partial charge >= 0.3 is 0 Å². The molecule has 1 aliphatic heterocycles. The summed E-state index contributed by atoms with van der Waals surface area (Å²) in [7, 11) is 0. The fourth-order valence-electron chi connectivity index (χ4n) is 5.03. The Morgan fingerprint density at radius 3 is 1.81 bits per heavy atom. The predicted molar refractivity (Wildman–Crippen MR) is 133 cm³/mol. The molecule has 2 heteroatoms. The van der Waals surface area contributed by atoms with Gasteiger partial charge in [0, 0.05) is 16.7 Å². The van der Waals surface area contributed by atoms with Crippen LogP contribution in [0.1, 0.15) is 137 Å². The highest BCUT2D eigenvalue weighted by atomic mass is 16.5. The molecule has 0 bridgehead atoms. The van der Waals surface area contributed by atoms with Crippen molar-refractivity contribution >= 4 is 5.78 Å². The van der Waals surface area contributed by atoms with E-state index in [0.717, 1.165) is 41.7 Å². The van der Waals surface area contributed by atoms with Gasteiger partial charge in [0.15, 0.2) is 5.78 Å². The quantitative estimate of drug-likeness (QED) is 0.192. The smallest absolute Gasteiger partial charge is 0.188 e. The third-order valence-electron chi connectivity index (χ3n) is 7.47. The first kappa shape index (κ1) is 25.9. The normalized spacial score (nSPS) is 21.5. The molecule has 0 saturated carbocycles. The molecule has 0 N–H and O–H groups in total. The minimum atomic E-state index is -0.0990. The Balaban J connectivity index is 1.55. The minimum absolute atomic E-state index is 0.0930. The van der Waals surface area contributed by atoms with Crippen LogP contribution in [-0.4, -0.2) is 11.4 Å². The zero-order chi connectivity index (χ0) is 22.7. The van der Waals surface area contributed by atoms with Crippen molar-refractivity contribution in [2.75, 3.05) is 0 Å². The first-order valence-corrected chi connectivity index (χ1v) is 13.2. The molecule has 0 fully saturated rings. The lowest BCUT2D eigenvalue weighted by molar-refractivity contribution is -0.112. The largest absolute Gasteiger partial charge is 0.487 e. The molecular weight excluding hydrogens is 380 g/mol. The van der Waals surface area contributed by atoms with Gasteiger partial charge in [-0.15, -0.1) is 0 Å². The Kier molecular flexibility index (Phi) is 11.1. The third-order valence-corrected chi connectivity index (χ3v) is 7.47. The average molecular weight is 429 g/mol. The average Bonchev–Trinajstić information content (AvgIpc) is 2.76. The predicted octanol–water partition coefficient (Wildman–Crippen LogP) is 9.16. The van der Waals surface area contributed by atoms with Crippen molar-refractivity contribution in [1.29, 1.82) is 0 Å². The topological polar surface area (TPSA) is 26.3 Å². The first-order valence-electron chi connectivity index (χ1n) is 13.2. The number of allylic oxidation sites excluding steroid dienone is 4. The van der Waals surface area contributed by atoms with Crippen LogP contribution in [0.25, 0.3) is 0 Å². The Bertz CT molecular complexity index is 666. The van der Waals surface area contributed by atoms with Crippen LogP contribution in [0.15, 0.2) is 34.6 Å². The van der Waals surface area contributed by atoms with Crippen molar-refractivity contribution in [3.8, 4) is 0 Å². The van der Waals surface area contributed by atoms with Crippen molar-refractivity contribution in [3.05, 3.63) is 34.6 Å². The van der Waals surface area contributed by atoms with Gasteiger partial charge in [-0.3, -0.25) is 4.79 Å². The van der Waals surface area contributed by atoms with E-state index in [1.165, 1.54) is 89.9 Å². The van der Waals surface area contributed by atoms with E-state index >= 15 is 0 Å². The standard InChI is InChI=1S/C29H48O2/c1-6-7-8-9-10-11-12-13-14-15-16-17-18-19-21-29(5)22-20-26-25(4)27(30)23(2)24(3)28(26)31-29/h4,6-22H2,1-3,5H3. The molecule has 2 rings (SSSR count). The van der Waals surface area contributed by atoms with Crippen LogP contribution in [0.5, 0.6) is 0 Å². The lowest BCUT2D eigenvalue weighted by Gasteiger charge is -2.40. The second-order valence-corrected chi connectivity index (χ2v) is 10.3. The van der Waals surface area contributed by atoms with Crippen LogP contribution in [0.4, 0.5) is 0 Å². The molecule has 1 atom stereocenters. The number of hydrogen-bond acceptors (Lipinski definition) is 2. The van der Waals surface area contributed by atoms with E-state index in [9.17, 15) is 4.79 Å². The number of carbonyl (C=O) groups is 1. The van der Waals surface area contributed by atoms with Crippen molar-refractivity contribution in [3.63, 3.8) is 0 Å². The van der Waals surface area contributed by atoms with Crippen LogP contribution in [0, 0.1) is 0 Å². The number of ketones is 1. The Labute approximate surface area is 192 Å². The number of carbonyl (C=O) groups excluding carboxylic acids is 1. The number of hydrogen-bond donors (Lipinski definition) is 0. The fraction of sp³-hybridized carbons (Fsp3) is 0.759. The van der Waals surface area contributed by atoms with E-state index in [2.05, 4.69) is 20.4 Å². The highest BCUT2D eigenvalue weighted by Crippen LogP contribution is 2.43. The molecule has 2 aliphatic rings. The molecule has 176 valence electrons. The van der Waals surface area contributed by atoms with Gasteiger partial charge in [-0.2, -0.15) is 0 Å². The molecule has 0 amide bonds. The van der Waals surface area contributed by atoms with Gasteiger partial charge in [0.25, 0.3) is 0 Å². The number of unbranched alkanes of at least 4 members (excludes halogenated alkanes) is 13. The molecule has 0 aromatic carbocycles. The molecule has 2 nitrogen and oxygen atoms in total. The third kappa shape index (κ3) is 7.95. The zero-order valence-corrected chi connectivity index (χ0v) is 21.0. The number of Topliss-reactive ketones (excluding diaryl/α,β-unsaturated/α-hetero) is 1. The summed E-state index contributed by atoms with van der Waals surface area (Å²) in [5, 5.41) is 0. The van der Waals surface area contributed by atoms with Gasteiger partial charge in [-0.05, 0) is 52.0 Å². The Morgan fingerprint density at radius 2 is 1.29 bits per heavy atom.